The fourth-order valence-electron chi connectivity index (χ4n) is 1.14. The largest absolute Gasteiger partial charge is 0.413 e. The Morgan fingerprint density at radius 1 is 1.31 bits per heavy atom. The fourth-order valence-corrected chi connectivity index (χ4v) is 1.14. The number of rotatable bonds is 4. The first kappa shape index (κ1) is 12.9. The first-order valence-electron chi connectivity index (χ1n) is 4.58. The molecule has 0 aliphatic carbocycles. The summed E-state index contributed by atoms with van der Waals surface area (Å²) in [4.78, 5) is 4.23. The van der Waals surface area contributed by atoms with Gasteiger partial charge in [0.1, 0.15) is 5.82 Å². The zero-order valence-electron chi connectivity index (χ0n) is 8.51. The molecule has 0 aliphatic heterocycles. The van der Waals surface area contributed by atoms with Crippen LogP contribution < -0.4 is 5.48 Å². The molecule has 0 bridgehead atoms. The maximum Gasteiger partial charge on any atom is 0.413 e. The Labute approximate surface area is 90.2 Å². The zero-order chi connectivity index (χ0) is 12.2. The van der Waals surface area contributed by atoms with Crippen LogP contribution in [-0.2, 0) is 4.84 Å². The van der Waals surface area contributed by atoms with Crippen molar-refractivity contribution in [3.63, 3.8) is 0 Å². The van der Waals surface area contributed by atoms with Gasteiger partial charge in [0.05, 0.1) is 6.04 Å². The lowest BCUT2D eigenvalue weighted by Gasteiger charge is -2.15. The quantitative estimate of drug-likeness (QED) is 0.642. The van der Waals surface area contributed by atoms with Crippen LogP contribution in [-0.4, -0.2) is 12.8 Å². The van der Waals surface area contributed by atoms with E-state index in [1.54, 1.807) is 6.07 Å². The van der Waals surface area contributed by atoms with Gasteiger partial charge in [-0.25, -0.2) is 4.39 Å². The van der Waals surface area contributed by atoms with Crippen LogP contribution in [0.2, 0.25) is 0 Å². The summed E-state index contributed by atoms with van der Waals surface area (Å²) in [6, 6.07) is 5.16. The number of hydroxylamine groups is 1. The van der Waals surface area contributed by atoms with Crippen molar-refractivity contribution in [2.45, 2.75) is 19.1 Å². The first-order chi connectivity index (χ1) is 7.40. The molecule has 0 heterocycles. The van der Waals surface area contributed by atoms with Crippen LogP contribution in [0, 0.1) is 5.82 Å². The minimum absolute atomic E-state index is 0.254. The number of nitrogens with one attached hydrogen (secondary N) is 1. The van der Waals surface area contributed by atoms with Crippen molar-refractivity contribution in [2.75, 3.05) is 6.61 Å². The lowest BCUT2D eigenvalue weighted by Crippen LogP contribution is -2.27. The summed E-state index contributed by atoms with van der Waals surface area (Å²) in [5, 5.41) is 0. The van der Waals surface area contributed by atoms with E-state index >= 15 is 0 Å². The van der Waals surface area contributed by atoms with Gasteiger partial charge in [-0.2, -0.15) is 18.7 Å². The molecular weight excluding hydrogens is 226 g/mol. The van der Waals surface area contributed by atoms with E-state index in [4.69, 9.17) is 0 Å². The molecule has 0 aliphatic rings. The molecule has 2 nitrogen and oxygen atoms in total. The smallest absolute Gasteiger partial charge is 0.292 e. The molecule has 1 N–H and O–H groups in total. The van der Waals surface area contributed by atoms with Gasteiger partial charge in [-0.05, 0) is 13.0 Å². The van der Waals surface area contributed by atoms with Crippen molar-refractivity contribution in [1.82, 2.24) is 5.48 Å². The van der Waals surface area contributed by atoms with Crippen LogP contribution >= 0.6 is 0 Å². The van der Waals surface area contributed by atoms with Crippen LogP contribution in [0.4, 0.5) is 17.6 Å². The Morgan fingerprint density at radius 3 is 2.50 bits per heavy atom. The molecule has 0 spiro atoms. The normalized spacial score (nSPS) is 13.8. The van der Waals surface area contributed by atoms with E-state index in [1.165, 1.54) is 25.1 Å². The average Bonchev–Trinajstić information content (AvgIpc) is 2.16. The predicted octanol–water partition coefficient (Wildman–Crippen LogP) is 2.97. The molecular formula is C10H11F4NO. The highest BCUT2D eigenvalue weighted by atomic mass is 19.4. The number of halogens is 4. The Bertz CT molecular complexity index is 340. The topological polar surface area (TPSA) is 21.3 Å². The molecule has 6 heteroatoms. The standard InChI is InChI=1S/C10H11F4NO/c1-7(15-16-6-10(12,13)14)8-4-2-3-5-9(8)11/h2-5,7,15H,6H2,1H3. The second-order valence-corrected chi connectivity index (χ2v) is 3.26. The summed E-state index contributed by atoms with van der Waals surface area (Å²) in [5.41, 5.74) is 2.39. The molecule has 0 amide bonds. The first-order valence-corrected chi connectivity index (χ1v) is 4.58. The van der Waals surface area contributed by atoms with Crippen molar-refractivity contribution < 1.29 is 22.4 Å². The molecule has 0 saturated carbocycles. The minimum Gasteiger partial charge on any atom is -0.292 e. The zero-order valence-corrected chi connectivity index (χ0v) is 8.51. The van der Waals surface area contributed by atoms with Crippen LogP contribution in [0.1, 0.15) is 18.5 Å². The van der Waals surface area contributed by atoms with Gasteiger partial charge in [0, 0.05) is 5.56 Å². The van der Waals surface area contributed by atoms with Gasteiger partial charge in [0.2, 0.25) is 0 Å². The van der Waals surface area contributed by atoms with Crippen molar-refractivity contribution in [2.24, 2.45) is 0 Å². The summed E-state index contributed by atoms with van der Waals surface area (Å²) in [6.07, 6.45) is -4.40. The van der Waals surface area contributed by atoms with Gasteiger partial charge in [-0.1, -0.05) is 18.2 Å². The molecule has 0 fully saturated rings. The molecule has 0 radical (unpaired) electrons. The molecule has 1 rings (SSSR count). The molecule has 1 aromatic carbocycles. The third kappa shape index (κ3) is 4.16. The van der Waals surface area contributed by atoms with Gasteiger partial charge in [-0.15, -0.1) is 0 Å². The SMILES string of the molecule is CC(NOCC(F)(F)F)c1ccccc1F. The Balaban J connectivity index is 2.47. The third-order valence-corrected chi connectivity index (χ3v) is 1.87. The van der Waals surface area contributed by atoms with E-state index in [-0.39, 0.29) is 5.56 Å². The Hall–Kier alpha value is -1.14. The highest BCUT2D eigenvalue weighted by Crippen LogP contribution is 2.17. The molecule has 0 aromatic heterocycles. The highest BCUT2D eigenvalue weighted by molar-refractivity contribution is 5.20. The van der Waals surface area contributed by atoms with E-state index in [0.29, 0.717) is 0 Å². The van der Waals surface area contributed by atoms with Crippen LogP contribution in [0.25, 0.3) is 0 Å². The summed E-state index contributed by atoms with van der Waals surface area (Å²) < 4.78 is 48.4. The molecule has 1 unspecified atom stereocenters. The van der Waals surface area contributed by atoms with Crippen molar-refractivity contribution in [3.8, 4) is 0 Å². The van der Waals surface area contributed by atoms with Gasteiger partial charge < -0.3 is 0 Å². The Morgan fingerprint density at radius 2 is 1.94 bits per heavy atom. The number of benzene rings is 1. The number of hydrogen-bond acceptors (Lipinski definition) is 2. The maximum atomic E-state index is 13.2. The fraction of sp³-hybridized carbons (Fsp3) is 0.400. The van der Waals surface area contributed by atoms with Crippen molar-refractivity contribution >= 4 is 0 Å². The van der Waals surface area contributed by atoms with E-state index in [0.717, 1.165) is 0 Å². The summed E-state index contributed by atoms with van der Waals surface area (Å²) in [7, 11) is 0. The highest BCUT2D eigenvalue weighted by Gasteiger charge is 2.28. The molecule has 1 aromatic rings. The second-order valence-electron chi connectivity index (χ2n) is 3.26. The summed E-state index contributed by atoms with van der Waals surface area (Å²) >= 11 is 0. The van der Waals surface area contributed by atoms with Gasteiger partial charge in [-0.3, -0.25) is 4.84 Å². The number of alkyl halides is 3. The third-order valence-electron chi connectivity index (χ3n) is 1.87. The number of hydrogen-bond donors (Lipinski definition) is 1. The monoisotopic (exact) mass is 237 g/mol. The lowest BCUT2D eigenvalue weighted by molar-refractivity contribution is -0.192. The molecule has 0 saturated heterocycles. The van der Waals surface area contributed by atoms with E-state index in [1.807, 2.05) is 0 Å². The molecule has 16 heavy (non-hydrogen) atoms. The van der Waals surface area contributed by atoms with E-state index < -0.39 is 24.6 Å². The maximum absolute atomic E-state index is 13.2. The van der Waals surface area contributed by atoms with Gasteiger partial charge in [0.25, 0.3) is 0 Å². The van der Waals surface area contributed by atoms with Gasteiger partial charge >= 0.3 is 6.18 Å². The van der Waals surface area contributed by atoms with Gasteiger partial charge in [0.15, 0.2) is 6.61 Å². The lowest BCUT2D eigenvalue weighted by atomic mass is 10.1. The van der Waals surface area contributed by atoms with Crippen molar-refractivity contribution in [1.29, 1.82) is 0 Å². The van der Waals surface area contributed by atoms with Crippen LogP contribution in [0.5, 0.6) is 0 Å². The van der Waals surface area contributed by atoms with Crippen LogP contribution in [0.15, 0.2) is 24.3 Å². The summed E-state index contributed by atoms with van der Waals surface area (Å²) in [5.74, 6) is -0.488. The average molecular weight is 237 g/mol. The van der Waals surface area contributed by atoms with E-state index in [2.05, 4.69) is 10.3 Å². The van der Waals surface area contributed by atoms with Crippen molar-refractivity contribution in [3.05, 3.63) is 35.6 Å². The second kappa shape index (κ2) is 5.27. The minimum atomic E-state index is -4.40. The van der Waals surface area contributed by atoms with E-state index in [9.17, 15) is 17.6 Å². The summed E-state index contributed by atoms with van der Waals surface area (Å²) in [6.45, 7) is 0.0978. The molecule has 90 valence electrons. The van der Waals surface area contributed by atoms with Crippen LogP contribution in [0.3, 0.4) is 0 Å². The Kier molecular flexibility index (Phi) is 4.26. The predicted molar refractivity (Wildman–Crippen MR) is 50.0 cm³/mol. The molecule has 1 atom stereocenters.